The van der Waals surface area contributed by atoms with Crippen LogP contribution in [0, 0.1) is 0 Å². The number of rotatable bonds is 5. The molecular formula is C31H24N4O. The van der Waals surface area contributed by atoms with Gasteiger partial charge < -0.3 is 9.64 Å². The van der Waals surface area contributed by atoms with Gasteiger partial charge >= 0.3 is 0 Å². The number of para-hydroxylation sites is 1. The van der Waals surface area contributed by atoms with Crippen LogP contribution in [-0.4, -0.2) is 27.6 Å². The van der Waals surface area contributed by atoms with Gasteiger partial charge in [-0.25, -0.2) is 9.97 Å². The highest BCUT2D eigenvalue weighted by Crippen LogP contribution is 2.35. The van der Waals surface area contributed by atoms with Crippen molar-refractivity contribution in [1.29, 1.82) is 0 Å². The summed E-state index contributed by atoms with van der Waals surface area (Å²) in [6.07, 6.45) is 4.90. The first-order chi connectivity index (χ1) is 17.8. The molecule has 1 aliphatic heterocycles. The monoisotopic (exact) mass is 468 g/mol. The van der Waals surface area contributed by atoms with Crippen LogP contribution >= 0.6 is 0 Å². The van der Waals surface area contributed by atoms with Crippen molar-refractivity contribution in [3.8, 4) is 28.6 Å². The Morgan fingerprint density at radius 2 is 1.50 bits per heavy atom. The Hall–Kier alpha value is -4.64. The first kappa shape index (κ1) is 20.7. The van der Waals surface area contributed by atoms with Crippen molar-refractivity contribution in [2.75, 3.05) is 18.0 Å². The van der Waals surface area contributed by atoms with E-state index < -0.39 is 0 Å². The van der Waals surface area contributed by atoms with E-state index in [-0.39, 0.29) is 0 Å². The normalized spacial score (nSPS) is 13.2. The fourth-order valence-electron chi connectivity index (χ4n) is 4.97. The van der Waals surface area contributed by atoms with Gasteiger partial charge in [-0.1, -0.05) is 48.5 Å². The summed E-state index contributed by atoms with van der Waals surface area (Å²) in [5.74, 6) is 2.29. The molecular weight excluding hydrogens is 444 g/mol. The molecule has 174 valence electrons. The molecule has 0 saturated carbocycles. The Balaban J connectivity index is 1.29. The summed E-state index contributed by atoms with van der Waals surface area (Å²) in [6, 6.07) is 33.4. The summed E-state index contributed by atoms with van der Waals surface area (Å²) < 4.78 is 8.41. The average Bonchev–Trinajstić information content (AvgIpc) is 3.22. The van der Waals surface area contributed by atoms with Crippen molar-refractivity contribution >= 4 is 27.5 Å². The standard InChI is InChI=1S/C31H24N4O/c1-2-10-28-26(9-1)27-13-12-23(20-29(27)35(28)30-11-3-4-15-32-30)22-7-5-8-25(19-22)36-31-21-24(14-16-33-31)34-17-6-18-34/h1-5,7-16,19-21H,6,17-18H2. The maximum Gasteiger partial charge on any atom is 0.221 e. The largest absolute Gasteiger partial charge is 0.439 e. The van der Waals surface area contributed by atoms with Crippen molar-refractivity contribution in [1.82, 2.24) is 14.5 Å². The van der Waals surface area contributed by atoms with E-state index in [4.69, 9.17) is 4.74 Å². The molecule has 0 atom stereocenters. The molecule has 4 heterocycles. The number of hydrogen-bond acceptors (Lipinski definition) is 4. The predicted octanol–water partition coefficient (Wildman–Crippen LogP) is 7.24. The van der Waals surface area contributed by atoms with E-state index in [1.165, 1.54) is 17.2 Å². The minimum atomic E-state index is 0.613. The summed E-state index contributed by atoms with van der Waals surface area (Å²) in [4.78, 5) is 11.4. The van der Waals surface area contributed by atoms with Crippen LogP contribution in [0.2, 0.25) is 0 Å². The summed E-state index contributed by atoms with van der Waals surface area (Å²) >= 11 is 0. The summed E-state index contributed by atoms with van der Waals surface area (Å²) in [7, 11) is 0. The zero-order chi connectivity index (χ0) is 23.9. The van der Waals surface area contributed by atoms with Crippen LogP contribution in [0.3, 0.4) is 0 Å². The lowest BCUT2D eigenvalue weighted by molar-refractivity contribution is 0.462. The molecule has 0 radical (unpaired) electrons. The Kier molecular flexibility index (Phi) is 4.91. The van der Waals surface area contributed by atoms with Crippen LogP contribution < -0.4 is 9.64 Å². The first-order valence-electron chi connectivity index (χ1n) is 12.3. The van der Waals surface area contributed by atoms with Crippen LogP contribution in [-0.2, 0) is 0 Å². The van der Waals surface area contributed by atoms with Crippen molar-refractivity contribution < 1.29 is 4.74 Å². The van der Waals surface area contributed by atoms with E-state index in [0.29, 0.717) is 5.88 Å². The van der Waals surface area contributed by atoms with Gasteiger partial charge in [-0.2, -0.15) is 0 Å². The number of nitrogens with zero attached hydrogens (tertiary/aromatic N) is 4. The zero-order valence-electron chi connectivity index (χ0n) is 19.7. The fraction of sp³-hybridized carbons (Fsp3) is 0.0968. The van der Waals surface area contributed by atoms with E-state index in [1.54, 1.807) is 0 Å². The highest BCUT2D eigenvalue weighted by molar-refractivity contribution is 6.10. The molecule has 5 heteroatoms. The SMILES string of the molecule is c1ccc(-n2c3ccccc3c3ccc(-c4cccc(Oc5cc(N6CCC6)ccn5)c4)cc32)nc1. The summed E-state index contributed by atoms with van der Waals surface area (Å²) in [5, 5.41) is 2.43. The van der Waals surface area contributed by atoms with Crippen LogP contribution in [0.5, 0.6) is 11.6 Å². The van der Waals surface area contributed by atoms with Crippen molar-refractivity contribution in [2.24, 2.45) is 0 Å². The first-order valence-corrected chi connectivity index (χ1v) is 12.3. The Bertz CT molecular complexity index is 1700. The van der Waals surface area contributed by atoms with Gasteiger partial charge in [0, 0.05) is 48.0 Å². The minimum absolute atomic E-state index is 0.613. The molecule has 6 aromatic rings. The molecule has 7 rings (SSSR count). The summed E-state index contributed by atoms with van der Waals surface area (Å²) in [5.41, 5.74) is 5.65. The zero-order valence-corrected chi connectivity index (χ0v) is 19.7. The summed E-state index contributed by atoms with van der Waals surface area (Å²) in [6.45, 7) is 2.19. The van der Waals surface area contributed by atoms with E-state index >= 15 is 0 Å². The second-order valence-electron chi connectivity index (χ2n) is 9.10. The highest BCUT2D eigenvalue weighted by Gasteiger charge is 2.16. The number of pyridine rings is 2. The molecule has 0 bridgehead atoms. The number of ether oxygens (including phenoxy) is 1. The molecule has 0 amide bonds. The van der Waals surface area contributed by atoms with Gasteiger partial charge in [-0.05, 0) is 60.0 Å². The molecule has 36 heavy (non-hydrogen) atoms. The molecule has 0 N–H and O–H groups in total. The molecule has 1 fully saturated rings. The number of benzene rings is 3. The highest BCUT2D eigenvalue weighted by atomic mass is 16.5. The lowest BCUT2D eigenvalue weighted by atomic mass is 10.0. The molecule has 1 aliphatic rings. The molecule has 0 spiro atoms. The third kappa shape index (κ3) is 3.57. The molecule has 1 saturated heterocycles. The topological polar surface area (TPSA) is 43.2 Å². The molecule has 3 aromatic heterocycles. The van der Waals surface area contributed by atoms with Gasteiger partial charge in [0.25, 0.3) is 0 Å². The molecule has 3 aromatic carbocycles. The van der Waals surface area contributed by atoms with Gasteiger partial charge in [-0.3, -0.25) is 4.57 Å². The van der Waals surface area contributed by atoms with Crippen LogP contribution in [0.25, 0.3) is 38.8 Å². The Morgan fingerprint density at radius 1 is 0.639 bits per heavy atom. The maximum atomic E-state index is 6.18. The third-order valence-electron chi connectivity index (χ3n) is 6.88. The van der Waals surface area contributed by atoms with Crippen molar-refractivity contribution in [3.05, 3.63) is 109 Å². The quantitative estimate of drug-likeness (QED) is 0.267. The van der Waals surface area contributed by atoms with Crippen LogP contribution in [0.4, 0.5) is 5.69 Å². The number of aromatic nitrogens is 3. The van der Waals surface area contributed by atoms with Gasteiger partial charge in [0.15, 0.2) is 0 Å². The van der Waals surface area contributed by atoms with Gasteiger partial charge in [0.1, 0.15) is 11.6 Å². The number of hydrogen-bond donors (Lipinski definition) is 0. The van der Waals surface area contributed by atoms with E-state index in [9.17, 15) is 0 Å². The molecule has 0 unspecified atom stereocenters. The lowest BCUT2D eigenvalue weighted by Crippen LogP contribution is -2.36. The lowest BCUT2D eigenvalue weighted by Gasteiger charge is -2.33. The smallest absolute Gasteiger partial charge is 0.221 e. The fourth-order valence-corrected chi connectivity index (χ4v) is 4.97. The number of fused-ring (bicyclic) bond motifs is 3. The maximum absolute atomic E-state index is 6.18. The average molecular weight is 469 g/mol. The second kappa shape index (κ2) is 8.54. The number of anilines is 1. The van der Waals surface area contributed by atoms with Crippen molar-refractivity contribution in [2.45, 2.75) is 6.42 Å². The van der Waals surface area contributed by atoms with Crippen LogP contribution in [0.1, 0.15) is 6.42 Å². The van der Waals surface area contributed by atoms with Crippen LogP contribution in [0.15, 0.2) is 109 Å². The van der Waals surface area contributed by atoms with Crippen molar-refractivity contribution in [3.63, 3.8) is 0 Å². The van der Waals surface area contributed by atoms with Gasteiger partial charge in [-0.15, -0.1) is 0 Å². The van der Waals surface area contributed by atoms with E-state index in [1.807, 2.05) is 54.9 Å². The second-order valence-corrected chi connectivity index (χ2v) is 9.10. The third-order valence-corrected chi connectivity index (χ3v) is 6.88. The van der Waals surface area contributed by atoms with E-state index in [0.717, 1.165) is 52.5 Å². The molecule has 5 nitrogen and oxygen atoms in total. The predicted molar refractivity (Wildman–Crippen MR) is 145 cm³/mol. The van der Waals surface area contributed by atoms with Gasteiger partial charge in [0.2, 0.25) is 5.88 Å². The minimum Gasteiger partial charge on any atom is -0.439 e. The Labute approximate surface area is 209 Å². The van der Waals surface area contributed by atoms with E-state index in [2.05, 4.69) is 74.0 Å². The Morgan fingerprint density at radius 3 is 2.36 bits per heavy atom. The van der Waals surface area contributed by atoms with Gasteiger partial charge in [0.05, 0.1) is 11.0 Å². The molecule has 0 aliphatic carbocycles.